The normalized spacial score (nSPS) is 10.6. The molecule has 2 aromatic heterocycles. The summed E-state index contributed by atoms with van der Waals surface area (Å²) in [4.78, 5) is 12.1. The van der Waals surface area contributed by atoms with E-state index >= 15 is 0 Å². The first kappa shape index (κ1) is 12.2. The smallest absolute Gasteiger partial charge is 0.195 e. The number of rotatable bonds is 2. The quantitative estimate of drug-likeness (QED) is 0.431. The number of thiophene rings is 2. The summed E-state index contributed by atoms with van der Waals surface area (Å²) in [6.07, 6.45) is 0. The van der Waals surface area contributed by atoms with Crippen LogP contribution in [0.5, 0.6) is 0 Å². The average Bonchev–Trinajstić information content (AvgIpc) is 2.71. The molecule has 6 heteroatoms. The Bertz CT molecular complexity index is 518. The lowest BCUT2D eigenvalue weighted by molar-refractivity contribution is 0.103. The second-order valence-electron chi connectivity index (χ2n) is 2.71. The molecule has 2 aromatic rings. The van der Waals surface area contributed by atoms with E-state index in [0.717, 1.165) is 21.6 Å². The molecule has 2 rings (SSSR count). The van der Waals surface area contributed by atoms with E-state index in [0.29, 0.717) is 0 Å². The summed E-state index contributed by atoms with van der Waals surface area (Å²) in [6.45, 7) is 0. The van der Waals surface area contributed by atoms with Gasteiger partial charge in [0, 0.05) is 16.5 Å². The predicted octanol–water partition coefficient (Wildman–Crippen LogP) is 5.17. The van der Waals surface area contributed by atoms with E-state index in [9.17, 15) is 4.79 Å². The van der Waals surface area contributed by atoms with Crippen molar-refractivity contribution in [2.75, 3.05) is 0 Å². The van der Waals surface area contributed by atoms with Crippen molar-refractivity contribution in [3.8, 4) is 0 Å². The van der Waals surface area contributed by atoms with Crippen molar-refractivity contribution in [1.29, 1.82) is 0 Å². The van der Waals surface area contributed by atoms with Crippen LogP contribution in [0.25, 0.3) is 0 Å². The minimum Gasteiger partial charge on any atom is -0.289 e. The molecule has 0 spiro atoms. The van der Waals surface area contributed by atoms with Crippen LogP contribution in [0.4, 0.5) is 0 Å². The summed E-state index contributed by atoms with van der Waals surface area (Å²) in [6, 6.07) is 3.76. The summed E-state index contributed by atoms with van der Waals surface area (Å²) in [5.41, 5.74) is 1.48. The fourth-order valence-corrected chi connectivity index (χ4v) is 5.20. The third-order valence-corrected chi connectivity index (χ3v) is 5.86. The fraction of sp³-hybridized carbons (Fsp3) is 0. The lowest BCUT2D eigenvalue weighted by atomic mass is 10.1. The molecule has 0 amide bonds. The van der Waals surface area contributed by atoms with Gasteiger partial charge >= 0.3 is 0 Å². The van der Waals surface area contributed by atoms with E-state index in [1.54, 1.807) is 11.3 Å². The van der Waals surface area contributed by atoms with Gasteiger partial charge in [0.1, 0.15) is 0 Å². The molecule has 2 heterocycles. The van der Waals surface area contributed by atoms with Gasteiger partial charge in [0.05, 0.1) is 10.5 Å². The molecule has 0 bridgehead atoms. The molecule has 0 unspecified atom stereocenters. The van der Waals surface area contributed by atoms with Crippen molar-refractivity contribution in [2.24, 2.45) is 0 Å². The van der Waals surface area contributed by atoms with E-state index < -0.39 is 0 Å². The molecule has 0 aliphatic heterocycles. The highest BCUT2D eigenvalue weighted by atomic mass is 127. The summed E-state index contributed by atoms with van der Waals surface area (Å²) < 4.78 is 2.96. The summed E-state index contributed by atoms with van der Waals surface area (Å²) in [7, 11) is 0. The van der Waals surface area contributed by atoms with Gasteiger partial charge in [-0.15, -0.1) is 22.7 Å². The highest BCUT2D eigenvalue weighted by Crippen LogP contribution is 2.33. The molecule has 0 aliphatic carbocycles. The first-order valence-corrected chi connectivity index (χ1v) is 8.17. The van der Waals surface area contributed by atoms with Crippen molar-refractivity contribution in [2.45, 2.75) is 0 Å². The molecule has 15 heavy (non-hydrogen) atoms. The molecule has 0 fully saturated rings. The third-order valence-electron chi connectivity index (χ3n) is 1.73. The lowest BCUT2D eigenvalue weighted by Crippen LogP contribution is -1.97. The third kappa shape index (κ3) is 2.71. The zero-order valence-corrected chi connectivity index (χ0v) is 14.1. The zero-order valence-electron chi connectivity index (χ0n) is 7.09. The van der Waals surface area contributed by atoms with Crippen LogP contribution in [0.3, 0.4) is 0 Å². The Hall–Kier alpha value is 0.760. The van der Waals surface area contributed by atoms with Gasteiger partial charge < -0.3 is 0 Å². The molecule has 78 valence electrons. The molecule has 0 atom stereocenters. The maximum atomic E-state index is 12.1. The van der Waals surface area contributed by atoms with E-state index in [1.165, 1.54) is 11.3 Å². The highest BCUT2D eigenvalue weighted by molar-refractivity contribution is 14.1. The number of ketones is 1. The molecule has 0 radical (unpaired) electrons. The van der Waals surface area contributed by atoms with Crippen LogP contribution in [-0.2, 0) is 0 Å². The SMILES string of the molecule is O=C(c1csc(I)c1)c1cc(Br)sc1Br. The Morgan fingerprint density at radius 1 is 1.33 bits per heavy atom. The lowest BCUT2D eigenvalue weighted by Gasteiger charge is -1.94. The van der Waals surface area contributed by atoms with Gasteiger partial charge in [0.15, 0.2) is 5.78 Å². The summed E-state index contributed by atoms with van der Waals surface area (Å²) >= 11 is 12.1. The second kappa shape index (κ2) is 4.95. The van der Waals surface area contributed by atoms with Crippen LogP contribution in [0.2, 0.25) is 0 Å². The van der Waals surface area contributed by atoms with Gasteiger partial charge in [0.2, 0.25) is 0 Å². The Kier molecular flexibility index (Phi) is 4.03. The highest BCUT2D eigenvalue weighted by Gasteiger charge is 2.16. The van der Waals surface area contributed by atoms with Crippen molar-refractivity contribution in [1.82, 2.24) is 0 Å². The maximum absolute atomic E-state index is 12.1. The van der Waals surface area contributed by atoms with Crippen LogP contribution in [0.1, 0.15) is 15.9 Å². The monoisotopic (exact) mass is 476 g/mol. The number of hydrogen-bond donors (Lipinski definition) is 0. The second-order valence-corrected chi connectivity index (χ2v) is 9.26. The molecule has 0 N–H and O–H groups in total. The van der Waals surface area contributed by atoms with E-state index in [2.05, 4.69) is 54.5 Å². The number of halogens is 3. The number of hydrogen-bond acceptors (Lipinski definition) is 3. The first-order valence-electron chi connectivity index (χ1n) is 3.81. The van der Waals surface area contributed by atoms with E-state index in [1.807, 2.05) is 17.5 Å². The summed E-state index contributed by atoms with van der Waals surface area (Å²) in [5.74, 6) is 0.0722. The van der Waals surface area contributed by atoms with Gasteiger partial charge in [-0.3, -0.25) is 4.79 Å². The average molecular weight is 478 g/mol. The van der Waals surface area contributed by atoms with Crippen molar-refractivity contribution >= 4 is 82.9 Å². The Labute approximate surface area is 125 Å². The molecule has 0 aromatic carbocycles. The molecular weight excluding hydrogens is 475 g/mol. The van der Waals surface area contributed by atoms with Gasteiger partial charge in [0.25, 0.3) is 0 Å². The standard InChI is InChI=1S/C9H3Br2IOS2/c10-6-2-5(9(11)15-6)8(13)4-1-7(12)14-3-4/h1-3H. The molecule has 1 nitrogen and oxygen atoms in total. The van der Waals surface area contributed by atoms with Crippen LogP contribution in [-0.4, -0.2) is 5.78 Å². The molecule has 0 saturated heterocycles. The van der Waals surface area contributed by atoms with Crippen molar-refractivity contribution in [3.63, 3.8) is 0 Å². The van der Waals surface area contributed by atoms with Gasteiger partial charge in [-0.2, -0.15) is 0 Å². The Morgan fingerprint density at radius 3 is 2.53 bits per heavy atom. The molecular formula is C9H3Br2IOS2. The molecule has 0 saturated carbocycles. The zero-order chi connectivity index (χ0) is 11.0. The van der Waals surface area contributed by atoms with E-state index in [4.69, 9.17) is 0 Å². The van der Waals surface area contributed by atoms with Gasteiger partial charge in [-0.25, -0.2) is 0 Å². The first-order chi connectivity index (χ1) is 7.08. The predicted molar refractivity (Wildman–Crippen MR) is 80.2 cm³/mol. The number of carbonyl (C=O) groups is 1. The van der Waals surface area contributed by atoms with Gasteiger partial charge in [-0.1, -0.05) is 0 Å². The number of carbonyl (C=O) groups excluding carboxylic acids is 1. The minimum absolute atomic E-state index is 0.0722. The van der Waals surface area contributed by atoms with Crippen LogP contribution >= 0.6 is 77.1 Å². The van der Waals surface area contributed by atoms with Crippen molar-refractivity contribution in [3.05, 3.63) is 39.1 Å². The van der Waals surface area contributed by atoms with Crippen molar-refractivity contribution < 1.29 is 4.79 Å². The van der Waals surface area contributed by atoms with Crippen LogP contribution < -0.4 is 0 Å². The van der Waals surface area contributed by atoms with Gasteiger partial charge in [-0.05, 0) is 66.6 Å². The largest absolute Gasteiger partial charge is 0.289 e. The maximum Gasteiger partial charge on any atom is 0.195 e. The molecule has 0 aliphatic rings. The van der Waals surface area contributed by atoms with Crippen LogP contribution in [0, 0.1) is 2.88 Å². The summed E-state index contributed by atoms with van der Waals surface area (Å²) in [5, 5.41) is 1.89. The Morgan fingerprint density at radius 2 is 2.07 bits per heavy atom. The fourth-order valence-electron chi connectivity index (χ4n) is 1.08. The minimum atomic E-state index is 0.0722. The van der Waals surface area contributed by atoms with Crippen LogP contribution in [0.15, 0.2) is 25.1 Å². The van der Waals surface area contributed by atoms with E-state index in [-0.39, 0.29) is 5.78 Å². The Balaban J connectivity index is 2.40. The topological polar surface area (TPSA) is 17.1 Å².